The van der Waals surface area contributed by atoms with Crippen LogP contribution in [0.2, 0.25) is 0 Å². The maximum Gasteiger partial charge on any atom is 0.217 e. The number of carbonyl (C=O) groups excluding carboxylic acids is 1. The zero-order valence-corrected chi connectivity index (χ0v) is 5.28. The first-order valence-electron chi connectivity index (χ1n) is 2.32. The minimum atomic E-state index is -0.306. The quantitative estimate of drug-likeness (QED) is 0.434. The maximum atomic E-state index is 10.0. The lowest BCUT2D eigenvalue weighted by Gasteiger charge is -1.89. The van der Waals surface area contributed by atoms with Crippen molar-refractivity contribution in [3.63, 3.8) is 0 Å². The fourth-order valence-electron chi connectivity index (χ4n) is 0.311. The summed E-state index contributed by atoms with van der Waals surface area (Å²) in [6, 6.07) is 0. The fourth-order valence-corrected chi connectivity index (χ4v) is 0.584. The van der Waals surface area contributed by atoms with Gasteiger partial charge in [-0.05, 0) is 18.5 Å². The zero-order valence-electron chi connectivity index (χ0n) is 4.46. The molecule has 0 rings (SSSR count). The summed E-state index contributed by atoms with van der Waals surface area (Å²) in [4.78, 5) is 10.0. The van der Waals surface area contributed by atoms with Crippen LogP contribution in [-0.2, 0) is 4.79 Å². The van der Waals surface area contributed by atoms with Crippen LogP contribution in [-0.4, -0.2) is 16.2 Å². The summed E-state index contributed by atoms with van der Waals surface area (Å²) in [5.41, 5.74) is 4.80. The number of hydrogen-bond acceptors (Lipinski definition) is 3. The summed E-state index contributed by atoms with van der Waals surface area (Å²) >= 11 is 0.736. The van der Waals surface area contributed by atoms with Gasteiger partial charge in [-0.1, -0.05) is 0 Å². The molecule has 0 aromatic carbocycles. The van der Waals surface area contributed by atoms with E-state index in [1.54, 1.807) is 0 Å². The number of amides is 1. The van der Waals surface area contributed by atoms with Crippen molar-refractivity contribution in [1.29, 1.82) is 0 Å². The van der Waals surface area contributed by atoms with E-state index in [9.17, 15) is 4.79 Å². The van der Waals surface area contributed by atoms with Crippen molar-refractivity contribution in [3.05, 3.63) is 0 Å². The Morgan fingerprint density at radius 3 is 2.75 bits per heavy atom. The minimum Gasteiger partial charge on any atom is -0.370 e. The Morgan fingerprint density at radius 1 is 1.75 bits per heavy atom. The Morgan fingerprint density at radius 2 is 2.38 bits per heavy atom. The van der Waals surface area contributed by atoms with Crippen molar-refractivity contribution in [1.82, 2.24) is 0 Å². The van der Waals surface area contributed by atoms with Gasteiger partial charge in [-0.25, -0.2) is 0 Å². The smallest absolute Gasteiger partial charge is 0.217 e. The highest BCUT2D eigenvalue weighted by Crippen LogP contribution is 1.96. The zero-order chi connectivity index (χ0) is 6.41. The molecular weight excluding hydrogens is 126 g/mol. The Balaban J connectivity index is 2.82. The van der Waals surface area contributed by atoms with Crippen molar-refractivity contribution < 1.29 is 9.35 Å². The first-order valence-corrected chi connectivity index (χ1v) is 3.26. The highest BCUT2D eigenvalue weighted by Gasteiger charge is 1.91. The van der Waals surface area contributed by atoms with E-state index in [-0.39, 0.29) is 5.91 Å². The van der Waals surface area contributed by atoms with Crippen LogP contribution in [0.3, 0.4) is 0 Å². The molecular formula is C4H9NO2S. The predicted molar refractivity (Wildman–Crippen MR) is 33.5 cm³/mol. The molecule has 0 heterocycles. The highest BCUT2D eigenvalue weighted by molar-refractivity contribution is 7.93. The van der Waals surface area contributed by atoms with E-state index in [1.807, 2.05) is 0 Å². The SMILES string of the molecule is NC(=O)CCCSO. The summed E-state index contributed by atoms with van der Waals surface area (Å²) in [6.45, 7) is 0. The van der Waals surface area contributed by atoms with E-state index in [4.69, 9.17) is 10.3 Å². The molecule has 0 bridgehead atoms. The van der Waals surface area contributed by atoms with Crippen LogP contribution in [0.25, 0.3) is 0 Å². The van der Waals surface area contributed by atoms with Crippen molar-refractivity contribution >= 4 is 17.9 Å². The normalized spacial score (nSPS) is 9.12. The van der Waals surface area contributed by atoms with Gasteiger partial charge in [-0.2, -0.15) is 0 Å². The van der Waals surface area contributed by atoms with Gasteiger partial charge in [0.1, 0.15) is 0 Å². The number of primary amides is 1. The van der Waals surface area contributed by atoms with E-state index < -0.39 is 0 Å². The molecule has 0 aliphatic carbocycles. The highest BCUT2D eigenvalue weighted by atomic mass is 32.2. The van der Waals surface area contributed by atoms with Crippen LogP contribution in [0.15, 0.2) is 0 Å². The maximum absolute atomic E-state index is 10.0. The number of hydrogen-bond donors (Lipinski definition) is 2. The third kappa shape index (κ3) is 5.78. The second-order valence-corrected chi connectivity index (χ2v) is 2.07. The number of rotatable bonds is 4. The fraction of sp³-hybridized carbons (Fsp3) is 0.750. The number of carbonyl (C=O) groups is 1. The van der Waals surface area contributed by atoms with E-state index in [1.165, 1.54) is 0 Å². The summed E-state index contributed by atoms with van der Waals surface area (Å²) in [5, 5.41) is 0. The van der Waals surface area contributed by atoms with E-state index in [0.717, 1.165) is 12.0 Å². The van der Waals surface area contributed by atoms with Gasteiger partial charge >= 0.3 is 0 Å². The first kappa shape index (κ1) is 7.78. The topological polar surface area (TPSA) is 63.3 Å². The largest absolute Gasteiger partial charge is 0.370 e. The molecule has 4 heteroatoms. The molecule has 0 atom stereocenters. The lowest BCUT2D eigenvalue weighted by atomic mass is 10.3. The van der Waals surface area contributed by atoms with Crippen molar-refractivity contribution in [3.8, 4) is 0 Å². The van der Waals surface area contributed by atoms with Crippen molar-refractivity contribution in [2.24, 2.45) is 5.73 Å². The second-order valence-electron chi connectivity index (χ2n) is 1.40. The molecule has 0 saturated carbocycles. The lowest BCUT2D eigenvalue weighted by molar-refractivity contribution is -0.118. The standard InChI is InChI=1S/C4H9NO2S/c5-4(6)2-1-3-8-7/h7H,1-3H2,(H2,5,6). The Hall–Kier alpha value is -0.220. The van der Waals surface area contributed by atoms with E-state index in [0.29, 0.717) is 18.6 Å². The van der Waals surface area contributed by atoms with Gasteiger partial charge < -0.3 is 10.3 Å². The monoisotopic (exact) mass is 135 g/mol. The van der Waals surface area contributed by atoms with Crippen LogP contribution in [0, 0.1) is 0 Å². The van der Waals surface area contributed by atoms with E-state index in [2.05, 4.69) is 0 Å². The average molecular weight is 135 g/mol. The van der Waals surface area contributed by atoms with Gasteiger partial charge in [0.2, 0.25) is 5.91 Å². The third-order valence-corrected chi connectivity index (χ3v) is 1.13. The molecule has 0 aliphatic rings. The summed E-state index contributed by atoms with van der Waals surface area (Å²) in [6.07, 6.45) is 1.03. The molecule has 8 heavy (non-hydrogen) atoms. The third-order valence-electron chi connectivity index (χ3n) is 0.659. The molecule has 3 nitrogen and oxygen atoms in total. The van der Waals surface area contributed by atoms with Crippen LogP contribution in [0.1, 0.15) is 12.8 Å². The van der Waals surface area contributed by atoms with Gasteiger partial charge in [-0.3, -0.25) is 4.79 Å². The second kappa shape index (κ2) is 4.93. The minimum absolute atomic E-state index is 0.306. The molecule has 0 aromatic rings. The first-order chi connectivity index (χ1) is 3.77. The lowest BCUT2D eigenvalue weighted by Crippen LogP contribution is -2.09. The van der Waals surface area contributed by atoms with Crippen LogP contribution in [0.5, 0.6) is 0 Å². The molecule has 1 amide bonds. The summed E-state index contributed by atoms with van der Waals surface area (Å²) < 4.78 is 8.14. The van der Waals surface area contributed by atoms with Gasteiger partial charge in [0, 0.05) is 12.2 Å². The van der Waals surface area contributed by atoms with Crippen molar-refractivity contribution in [2.75, 3.05) is 5.75 Å². The summed E-state index contributed by atoms with van der Waals surface area (Å²) in [7, 11) is 0. The Kier molecular flexibility index (Phi) is 4.79. The molecule has 0 radical (unpaired) electrons. The molecule has 48 valence electrons. The predicted octanol–water partition coefficient (Wildman–Crippen LogP) is 0.458. The molecule has 0 aliphatic heterocycles. The van der Waals surface area contributed by atoms with Crippen LogP contribution >= 0.6 is 12.0 Å². The van der Waals surface area contributed by atoms with Gasteiger partial charge in [0.15, 0.2) is 0 Å². The molecule has 0 aromatic heterocycles. The Bertz CT molecular complexity index is 76.4. The molecule has 3 N–H and O–H groups in total. The van der Waals surface area contributed by atoms with Crippen LogP contribution < -0.4 is 5.73 Å². The van der Waals surface area contributed by atoms with Gasteiger partial charge in [0.25, 0.3) is 0 Å². The van der Waals surface area contributed by atoms with Gasteiger partial charge in [0.05, 0.1) is 0 Å². The molecule has 0 unspecified atom stereocenters. The number of nitrogens with two attached hydrogens (primary N) is 1. The molecule has 0 saturated heterocycles. The van der Waals surface area contributed by atoms with Crippen LogP contribution in [0.4, 0.5) is 0 Å². The average Bonchev–Trinajstić information content (AvgIpc) is 1.66. The Labute approximate surface area is 52.5 Å². The van der Waals surface area contributed by atoms with Gasteiger partial charge in [-0.15, -0.1) is 0 Å². The molecule has 0 fully saturated rings. The molecule has 0 spiro atoms. The van der Waals surface area contributed by atoms with Crippen molar-refractivity contribution in [2.45, 2.75) is 12.8 Å². The summed E-state index contributed by atoms with van der Waals surface area (Å²) in [5.74, 6) is 0.280. The van der Waals surface area contributed by atoms with E-state index >= 15 is 0 Å².